The summed E-state index contributed by atoms with van der Waals surface area (Å²) < 4.78 is 0. The number of anilines is 1. The van der Waals surface area contributed by atoms with Gasteiger partial charge in [0.05, 0.1) is 23.4 Å². The maximum absolute atomic E-state index is 11.9. The monoisotopic (exact) mass is 311 g/mol. The van der Waals surface area contributed by atoms with Crippen molar-refractivity contribution in [2.75, 3.05) is 17.3 Å². The van der Waals surface area contributed by atoms with Crippen LogP contribution in [0.5, 0.6) is 0 Å². The molecular weight excluding hydrogens is 294 g/mol. The number of para-hydroxylation sites is 1. The summed E-state index contributed by atoms with van der Waals surface area (Å²) in [6.45, 7) is 0. The molecule has 4 nitrogen and oxygen atoms in total. The van der Waals surface area contributed by atoms with Crippen LogP contribution in [0.1, 0.15) is 6.42 Å². The van der Waals surface area contributed by atoms with E-state index in [1.807, 2.05) is 36.6 Å². The Morgan fingerprint density at radius 1 is 1.45 bits per heavy atom. The maximum atomic E-state index is 11.9. The summed E-state index contributed by atoms with van der Waals surface area (Å²) >= 11 is 1.68. The van der Waals surface area contributed by atoms with Crippen LogP contribution in [0.15, 0.2) is 36.5 Å². The van der Waals surface area contributed by atoms with E-state index < -0.39 is 6.04 Å². The Balaban J connectivity index is 0.00000200. The molecule has 2 aromatic rings. The molecule has 1 aromatic heterocycles. The number of carbonyl (C=O) groups excluding carboxylic acids is 1. The summed E-state index contributed by atoms with van der Waals surface area (Å²) in [6.07, 6.45) is 4.33. The van der Waals surface area contributed by atoms with Crippen LogP contribution in [0.25, 0.3) is 10.9 Å². The zero-order chi connectivity index (χ0) is 13.7. The molecule has 6 heteroatoms. The van der Waals surface area contributed by atoms with Crippen LogP contribution in [-0.4, -0.2) is 28.9 Å². The van der Waals surface area contributed by atoms with Crippen LogP contribution in [0.2, 0.25) is 0 Å². The van der Waals surface area contributed by atoms with Crippen LogP contribution in [0.4, 0.5) is 5.69 Å². The fraction of sp³-hybridized carbons (Fsp3) is 0.286. The number of amides is 1. The molecule has 20 heavy (non-hydrogen) atoms. The molecule has 1 amide bonds. The molecule has 0 aliphatic carbocycles. The summed E-state index contributed by atoms with van der Waals surface area (Å²) in [6, 6.07) is 9.21. The van der Waals surface area contributed by atoms with Crippen molar-refractivity contribution in [2.45, 2.75) is 12.5 Å². The van der Waals surface area contributed by atoms with Gasteiger partial charge in [-0.1, -0.05) is 18.2 Å². The number of nitrogens with two attached hydrogens (primary N) is 1. The molecule has 0 saturated heterocycles. The van der Waals surface area contributed by atoms with Crippen LogP contribution in [0, 0.1) is 0 Å². The van der Waals surface area contributed by atoms with Gasteiger partial charge in [-0.2, -0.15) is 11.8 Å². The number of aromatic nitrogens is 1. The minimum Gasteiger partial charge on any atom is -0.323 e. The van der Waals surface area contributed by atoms with Gasteiger partial charge in [-0.15, -0.1) is 12.4 Å². The van der Waals surface area contributed by atoms with Gasteiger partial charge in [-0.05, 0) is 30.6 Å². The Labute approximate surface area is 128 Å². The van der Waals surface area contributed by atoms with E-state index in [-0.39, 0.29) is 18.3 Å². The zero-order valence-corrected chi connectivity index (χ0v) is 12.8. The van der Waals surface area contributed by atoms with Crippen molar-refractivity contribution in [1.82, 2.24) is 4.98 Å². The van der Waals surface area contributed by atoms with E-state index in [9.17, 15) is 4.79 Å². The molecule has 1 heterocycles. The summed E-state index contributed by atoms with van der Waals surface area (Å²) in [4.78, 5) is 16.2. The zero-order valence-electron chi connectivity index (χ0n) is 11.2. The van der Waals surface area contributed by atoms with Crippen molar-refractivity contribution in [3.63, 3.8) is 0 Å². The molecule has 0 aliphatic rings. The molecule has 1 atom stereocenters. The summed E-state index contributed by atoms with van der Waals surface area (Å²) in [5.41, 5.74) is 7.41. The molecule has 0 radical (unpaired) electrons. The van der Waals surface area contributed by atoms with Crippen molar-refractivity contribution in [3.8, 4) is 0 Å². The molecule has 0 bridgehead atoms. The highest BCUT2D eigenvalue weighted by atomic mass is 35.5. The third-order valence-electron chi connectivity index (χ3n) is 2.83. The summed E-state index contributed by atoms with van der Waals surface area (Å²) in [7, 11) is 0. The fourth-order valence-corrected chi connectivity index (χ4v) is 2.24. The normalized spacial score (nSPS) is 11.7. The summed E-state index contributed by atoms with van der Waals surface area (Å²) in [5, 5.41) is 3.81. The largest absolute Gasteiger partial charge is 0.323 e. The van der Waals surface area contributed by atoms with Gasteiger partial charge in [0, 0.05) is 5.39 Å². The highest BCUT2D eigenvalue weighted by Crippen LogP contribution is 2.16. The van der Waals surface area contributed by atoms with Gasteiger partial charge in [-0.3, -0.25) is 9.78 Å². The van der Waals surface area contributed by atoms with Gasteiger partial charge < -0.3 is 11.1 Å². The van der Waals surface area contributed by atoms with E-state index in [1.54, 1.807) is 18.0 Å². The van der Waals surface area contributed by atoms with E-state index in [1.165, 1.54) is 0 Å². The van der Waals surface area contributed by atoms with Gasteiger partial charge in [0.2, 0.25) is 5.91 Å². The van der Waals surface area contributed by atoms with Crippen molar-refractivity contribution in [3.05, 3.63) is 36.5 Å². The average Bonchev–Trinajstić information content (AvgIpc) is 2.44. The Hall–Kier alpha value is -1.30. The number of benzene rings is 1. The van der Waals surface area contributed by atoms with E-state index in [2.05, 4.69) is 10.3 Å². The van der Waals surface area contributed by atoms with Crippen LogP contribution in [-0.2, 0) is 4.79 Å². The Bertz CT molecular complexity index is 579. The van der Waals surface area contributed by atoms with E-state index in [4.69, 9.17) is 5.73 Å². The highest BCUT2D eigenvalue weighted by molar-refractivity contribution is 7.98. The number of rotatable bonds is 5. The second kappa shape index (κ2) is 8.09. The molecule has 0 fully saturated rings. The van der Waals surface area contributed by atoms with E-state index in [0.29, 0.717) is 12.1 Å². The third kappa shape index (κ3) is 4.37. The molecule has 108 valence electrons. The third-order valence-corrected chi connectivity index (χ3v) is 3.47. The number of hydrogen-bond acceptors (Lipinski definition) is 4. The van der Waals surface area contributed by atoms with Crippen molar-refractivity contribution >= 4 is 46.7 Å². The second-order valence-electron chi connectivity index (χ2n) is 4.29. The van der Waals surface area contributed by atoms with Crippen molar-refractivity contribution in [1.29, 1.82) is 0 Å². The molecule has 2 rings (SSSR count). The van der Waals surface area contributed by atoms with Gasteiger partial charge in [0.15, 0.2) is 0 Å². The van der Waals surface area contributed by atoms with Gasteiger partial charge in [0.25, 0.3) is 0 Å². The Morgan fingerprint density at radius 3 is 2.95 bits per heavy atom. The van der Waals surface area contributed by atoms with E-state index >= 15 is 0 Å². The first-order valence-corrected chi connectivity index (χ1v) is 7.50. The van der Waals surface area contributed by atoms with E-state index in [0.717, 1.165) is 16.7 Å². The molecule has 1 aromatic carbocycles. The fourth-order valence-electron chi connectivity index (χ4n) is 1.75. The number of fused-ring (bicyclic) bond motifs is 1. The van der Waals surface area contributed by atoms with Crippen molar-refractivity contribution in [2.24, 2.45) is 5.73 Å². The Morgan fingerprint density at radius 2 is 2.20 bits per heavy atom. The van der Waals surface area contributed by atoms with Gasteiger partial charge in [0.1, 0.15) is 0 Å². The minimum absolute atomic E-state index is 0. The molecule has 0 spiro atoms. The molecule has 0 saturated carbocycles. The number of nitrogens with one attached hydrogen (secondary N) is 1. The van der Waals surface area contributed by atoms with Crippen LogP contribution < -0.4 is 11.1 Å². The number of halogens is 1. The van der Waals surface area contributed by atoms with Crippen LogP contribution in [0.3, 0.4) is 0 Å². The Kier molecular flexibility index (Phi) is 6.78. The molecular formula is C14H18ClN3OS. The first-order chi connectivity index (χ1) is 9.20. The van der Waals surface area contributed by atoms with Gasteiger partial charge in [-0.25, -0.2) is 0 Å². The minimum atomic E-state index is -0.473. The number of nitrogens with zero attached hydrogens (tertiary/aromatic N) is 1. The quantitative estimate of drug-likeness (QED) is 0.891. The topological polar surface area (TPSA) is 68.0 Å². The second-order valence-corrected chi connectivity index (χ2v) is 5.28. The molecule has 0 unspecified atom stereocenters. The maximum Gasteiger partial charge on any atom is 0.241 e. The predicted octanol–water partition coefficient (Wildman–Crippen LogP) is 2.68. The number of pyridine rings is 1. The van der Waals surface area contributed by atoms with Crippen molar-refractivity contribution < 1.29 is 4.79 Å². The first-order valence-electron chi connectivity index (χ1n) is 6.11. The number of carbonyl (C=O) groups is 1. The molecule has 0 aliphatic heterocycles. The lowest BCUT2D eigenvalue weighted by molar-refractivity contribution is -0.117. The smallest absolute Gasteiger partial charge is 0.241 e. The van der Waals surface area contributed by atoms with Crippen LogP contribution >= 0.6 is 24.2 Å². The number of hydrogen-bond donors (Lipinski definition) is 2. The predicted molar refractivity (Wildman–Crippen MR) is 88.6 cm³/mol. The standard InChI is InChI=1S/C14H17N3OS.ClH/c1-19-7-6-12(15)14(18)17-11-8-10-4-2-3-5-13(10)16-9-11;/h2-5,8-9,12H,6-7,15H2,1H3,(H,17,18);1H/t12-;/m0./s1. The highest BCUT2D eigenvalue weighted by Gasteiger charge is 2.13. The lowest BCUT2D eigenvalue weighted by Gasteiger charge is -2.11. The van der Waals surface area contributed by atoms with Gasteiger partial charge >= 0.3 is 0 Å². The molecule has 3 N–H and O–H groups in total. The first kappa shape index (κ1) is 16.8. The number of thioether (sulfide) groups is 1. The summed E-state index contributed by atoms with van der Waals surface area (Å²) in [5.74, 6) is 0.719. The lowest BCUT2D eigenvalue weighted by Crippen LogP contribution is -2.36. The SMILES string of the molecule is CSCC[C@H](N)C(=O)Nc1cnc2ccccc2c1.Cl. The average molecular weight is 312 g/mol. The lowest BCUT2D eigenvalue weighted by atomic mass is 10.2.